The van der Waals surface area contributed by atoms with E-state index in [2.05, 4.69) is 10.2 Å². The molecule has 10 heavy (non-hydrogen) atoms. The fourth-order valence-corrected chi connectivity index (χ4v) is 0.722. The monoisotopic (exact) mass is 140 g/mol. The van der Waals surface area contributed by atoms with Crippen molar-refractivity contribution in [2.75, 3.05) is 0 Å². The van der Waals surface area contributed by atoms with Gasteiger partial charge in [-0.05, 0) is 19.4 Å². The normalized spacial score (nSPS) is 9.90. The van der Waals surface area contributed by atoms with Crippen molar-refractivity contribution in [3.63, 3.8) is 0 Å². The summed E-state index contributed by atoms with van der Waals surface area (Å²) < 4.78 is 12.7. The lowest BCUT2D eigenvalue weighted by atomic mass is 10.3. The molecule has 0 aliphatic carbocycles. The summed E-state index contributed by atoms with van der Waals surface area (Å²) in [5.41, 5.74) is 1.06. The van der Waals surface area contributed by atoms with Crippen LogP contribution < -0.4 is 0 Å². The molecule has 0 bridgehead atoms. The molecule has 1 heterocycles. The molecule has 0 atom stereocenters. The van der Waals surface area contributed by atoms with Gasteiger partial charge in [-0.2, -0.15) is 10.2 Å². The minimum atomic E-state index is -0.255. The number of aromatic nitrogens is 2. The Morgan fingerprint density at radius 1 is 1.50 bits per heavy atom. The maximum absolute atomic E-state index is 12.7. The van der Waals surface area contributed by atoms with Crippen LogP contribution in [0.5, 0.6) is 0 Å². The predicted molar refractivity (Wildman–Crippen MR) is 36.1 cm³/mol. The Bertz CT molecular complexity index is 235. The Balaban J connectivity index is 3.07. The largest absolute Gasteiger partial charge is 0.205 e. The third-order valence-electron chi connectivity index (χ3n) is 1.27. The maximum atomic E-state index is 12.7. The number of halogens is 1. The summed E-state index contributed by atoms with van der Waals surface area (Å²) in [6, 6.07) is 1.39. The predicted octanol–water partition coefficient (Wildman–Crippen LogP) is 1.49. The van der Waals surface area contributed by atoms with Gasteiger partial charge in [-0.3, -0.25) is 0 Å². The summed E-state index contributed by atoms with van der Waals surface area (Å²) >= 11 is 0. The van der Waals surface area contributed by atoms with Gasteiger partial charge in [-0.25, -0.2) is 4.39 Å². The van der Waals surface area contributed by atoms with Crippen molar-refractivity contribution >= 4 is 0 Å². The van der Waals surface area contributed by atoms with Crippen molar-refractivity contribution in [1.82, 2.24) is 10.2 Å². The SMILES string of the molecule is CCc1nnc(C)cc1F. The first-order valence-electron chi connectivity index (χ1n) is 3.22. The molecule has 0 unspecified atom stereocenters. The third kappa shape index (κ3) is 1.29. The van der Waals surface area contributed by atoms with Crippen LogP contribution >= 0.6 is 0 Å². The van der Waals surface area contributed by atoms with Gasteiger partial charge < -0.3 is 0 Å². The van der Waals surface area contributed by atoms with Crippen LogP contribution in [0.2, 0.25) is 0 Å². The molecule has 54 valence electrons. The van der Waals surface area contributed by atoms with Gasteiger partial charge in [0.1, 0.15) is 5.82 Å². The highest BCUT2D eigenvalue weighted by molar-refractivity contribution is 5.08. The van der Waals surface area contributed by atoms with E-state index in [1.54, 1.807) is 6.92 Å². The second kappa shape index (κ2) is 2.73. The zero-order chi connectivity index (χ0) is 7.56. The van der Waals surface area contributed by atoms with E-state index in [0.29, 0.717) is 17.8 Å². The molecule has 1 rings (SSSR count). The van der Waals surface area contributed by atoms with Gasteiger partial charge in [0.05, 0.1) is 11.4 Å². The molecule has 0 amide bonds. The molecule has 0 radical (unpaired) electrons. The van der Waals surface area contributed by atoms with Crippen LogP contribution in [0.1, 0.15) is 18.3 Å². The lowest BCUT2D eigenvalue weighted by Crippen LogP contribution is -1.97. The van der Waals surface area contributed by atoms with Crippen LogP contribution in [0, 0.1) is 12.7 Å². The minimum absolute atomic E-state index is 0.255. The summed E-state index contributed by atoms with van der Waals surface area (Å²) in [6.07, 6.45) is 0.596. The van der Waals surface area contributed by atoms with Crippen molar-refractivity contribution in [2.45, 2.75) is 20.3 Å². The Morgan fingerprint density at radius 2 is 2.20 bits per heavy atom. The zero-order valence-electron chi connectivity index (χ0n) is 6.06. The molecule has 3 heteroatoms. The smallest absolute Gasteiger partial charge is 0.148 e. The van der Waals surface area contributed by atoms with E-state index < -0.39 is 0 Å². The highest BCUT2D eigenvalue weighted by atomic mass is 19.1. The van der Waals surface area contributed by atoms with Crippen LogP contribution in [0.3, 0.4) is 0 Å². The fraction of sp³-hybridized carbons (Fsp3) is 0.429. The summed E-state index contributed by atoms with van der Waals surface area (Å²) in [4.78, 5) is 0. The van der Waals surface area contributed by atoms with E-state index in [4.69, 9.17) is 0 Å². The van der Waals surface area contributed by atoms with Gasteiger partial charge in [-0.15, -0.1) is 0 Å². The van der Waals surface area contributed by atoms with Crippen molar-refractivity contribution in [3.05, 3.63) is 23.3 Å². The van der Waals surface area contributed by atoms with Gasteiger partial charge in [0.15, 0.2) is 0 Å². The minimum Gasteiger partial charge on any atom is -0.205 e. The van der Waals surface area contributed by atoms with Crippen LogP contribution in [0.15, 0.2) is 6.07 Å². The van der Waals surface area contributed by atoms with Crippen molar-refractivity contribution < 1.29 is 4.39 Å². The number of nitrogens with zero attached hydrogens (tertiary/aromatic N) is 2. The number of rotatable bonds is 1. The Kier molecular flexibility index (Phi) is 1.94. The fourth-order valence-electron chi connectivity index (χ4n) is 0.722. The first-order valence-corrected chi connectivity index (χ1v) is 3.22. The lowest BCUT2D eigenvalue weighted by Gasteiger charge is -1.96. The van der Waals surface area contributed by atoms with E-state index in [9.17, 15) is 4.39 Å². The first-order chi connectivity index (χ1) is 4.74. The molecule has 0 saturated heterocycles. The molecule has 0 spiro atoms. The number of hydrogen-bond acceptors (Lipinski definition) is 2. The van der Waals surface area contributed by atoms with Crippen molar-refractivity contribution in [2.24, 2.45) is 0 Å². The molecular weight excluding hydrogens is 131 g/mol. The Labute approximate surface area is 59.1 Å². The highest BCUT2D eigenvalue weighted by Gasteiger charge is 2.00. The molecule has 0 N–H and O–H groups in total. The second-order valence-electron chi connectivity index (χ2n) is 2.13. The van der Waals surface area contributed by atoms with Crippen LogP contribution in [0.25, 0.3) is 0 Å². The van der Waals surface area contributed by atoms with Crippen LogP contribution in [0.4, 0.5) is 4.39 Å². The summed E-state index contributed by atoms with van der Waals surface area (Å²) in [5.74, 6) is -0.255. The topological polar surface area (TPSA) is 25.8 Å². The molecule has 1 aromatic heterocycles. The molecule has 0 saturated carbocycles. The Hall–Kier alpha value is -0.990. The molecule has 0 aliphatic rings. The average molecular weight is 140 g/mol. The molecule has 0 fully saturated rings. The average Bonchev–Trinajstić information content (AvgIpc) is 1.88. The van der Waals surface area contributed by atoms with E-state index in [1.165, 1.54) is 6.07 Å². The van der Waals surface area contributed by atoms with Crippen LogP contribution in [-0.2, 0) is 6.42 Å². The van der Waals surface area contributed by atoms with Gasteiger partial charge in [0, 0.05) is 0 Å². The lowest BCUT2D eigenvalue weighted by molar-refractivity contribution is 0.589. The quantitative estimate of drug-likeness (QED) is 0.590. The van der Waals surface area contributed by atoms with Crippen molar-refractivity contribution in [1.29, 1.82) is 0 Å². The van der Waals surface area contributed by atoms with Crippen molar-refractivity contribution in [3.8, 4) is 0 Å². The summed E-state index contributed by atoms with van der Waals surface area (Å²) in [5, 5.41) is 7.39. The van der Waals surface area contributed by atoms with E-state index in [0.717, 1.165) is 0 Å². The molecule has 0 aromatic carbocycles. The Morgan fingerprint density at radius 3 is 2.70 bits per heavy atom. The van der Waals surface area contributed by atoms with Gasteiger partial charge in [-0.1, -0.05) is 6.92 Å². The van der Waals surface area contributed by atoms with Crippen LogP contribution in [-0.4, -0.2) is 10.2 Å². The standard InChI is InChI=1S/C7H9FN2/c1-3-7-6(8)4-5(2)9-10-7/h4H,3H2,1-2H3. The highest BCUT2D eigenvalue weighted by Crippen LogP contribution is 2.03. The van der Waals surface area contributed by atoms with E-state index in [-0.39, 0.29) is 5.82 Å². The number of hydrogen-bond donors (Lipinski definition) is 0. The van der Waals surface area contributed by atoms with E-state index >= 15 is 0 Å². The van der Waals surface area contributed by atoms with Gasteiger partial charge >= 0.3 is 0 Å². The molecule has 2 nitrogen and oxygen atoms in total. The molecule has 0 aliphatic heterocycles. The zero-order valence-corrected chi connectivity index (χ0v) is 6.06. The first kappa shape index (κ1) is 7.12. The summed E-state index contributed by atoms with van der Waals surface area (Å²) in [6.45, 7) is 3.57. The third-order valence-corrected chi connectivity index (χ3v) is 1.27. The second-order valence-corrected chi connectivity index (χ2v) is 2.13. The summed E-state index contributed by atoms with van der Waals surface area (Å²) in [7, 11) is 0. The maximum Gasteiger partial charge on any atom is 0.148 e. The van der Waals surface area contributed by atoms with Gasteiger partial charge in [0.25, 0.3) is 0 Å². The van der Waals surface area contributed by atoms with Gasteiger partial charge in [0.2, 0.25) is 0 Å². The molecule has 1 aromatic rings. The van der Waals surface area contributed by atoms with E-state index in [1.807, 2.05) is 6.92 Å². The molecular formula is C7H9FN2. The number of aryl methyl sites for hydroxylation is 2.